The molecular weight excluding hydrogens is 174 g/mol. The largest absolute Gasteiger partial charge is 0.299 e. The van der Waals surface area contributed by atoms with Gasteiger partial charge in [-0.3, -0.25) is 4.79 Å². The first-order chi connectivity index (χ1) is 6.79. The molecule has 1 aliphatic carbocycles. The monoisotopic (exact) mass is 189 g/mol. The fourth-order valence-corrected chi connectivity index (χ4v) is 1.93. The van der Waals surface area contributed by atoms with Crippen LogP contribution in [0.2, 0.25) is 0 Å². The van der Waals surface area contributed by atoms with Gasteiger partial charge in [-0.25, -0.2) is 0 Å². The Morgan fingerprint density at radius 2 is 2.21 bits per heavy atom. The molecular formula is C12H15NO. The van der Waals surface area contributed by atoms with Crippen molar-refractivity contribution < 1.29 is 4.79 Å². The molecule has 0 aromatic heterocycles. The van der Waals surface area contributed by atoms with E-state index in [9.17, 15) is 4.79 Å². The number of nitrogens with zero attached hydrogens (tertiary/aromatic N) is 1. The molecule has 0 aromatic rings. The summed E-state index contributed by atoms with van der Waals surface area (Å²) < 4.78 is 0. The van der Waals surface area contributed by atoms with Crippen molar-refractivity contribution in [2.45, 2.75) is 39.0 Å². The summed E-state index contributed by atoms with van der Waals surface area (Å²) in [6.07, 6.45) is 3.52. The van der Waals surface area contributed by atoms with Gasteiger partial charge in [0.1, 0.15) is 5.78 Å². The van der Waals surface area contributed by atoms with E-state index in [1.54, 1.807) is 0 Å². The lowest BCUT2D eigenvalue weighted by Gasteiger charge is -2.11. The fourth-order valence-electron chi connectivity index (χ4n) is 1.93. The molecule has 0 amide bonds. The van der Waals surface area contributed by atoms with Gasteiger partial charge in [0.2, 0.25) is 0 Å². The highest BCUT2D eigenvalue weighted by Gasteiger charge is 2.33. The van der Waals surface area contributed by atoms with E-state index < -0.39 is 0 Å². The molecule has 14 heavy (non-hydrogen) atoms. The molecule has 74 valence electrons. The average molecular weight is 189 g/mol. The molecule has 2 nitrogen and oxygen atoms in total. The average Bonchev–Trinajstić information content (AvgIpc) is 2.50. The number of Topliss-reactive ketones (excluding diaryl/α,β-unsaturated/α-hetero) is 1. The topological polar surface area (TPSA) is 40.9 Å². The van der Waals surface area contributed by atoms with Crippen LogP contribution < -0.4 is 0 Å². The van der Waals surface area contributed by atoms with Gasteiger partial charge >= 0.3 is 0 Å². The third kappa shape index (κ3) is 2.60. The first-order valence-electron chi connectivity index (χ1n) is 5.15. The van der Waals surface area contributed by atoms with Crippen LogP contribution in [0.5, 0.6) is 0 Å². The molecule has 2 heteroatoms. The quantitative estimate of drug-likeness (QED) is 0.625. The molecule has 0 spiro atoms. The predicted octanol–water partition coefficient (Wildman–Crippen LogP) is 2.30. The minimum Gasteiger partial charge on any atom is -0.299 e. The minimum atomic E-state index is 0.0358. The van der Waals surface area contributed by atoms with E-state index in [0.29, 0.717) is 25.0 Å². The number of ketones is 1. The number of hydrogen-bond acceptors (Lipinski definition) is 2. The Morgan fingerprint density at radius 1 is 1.43 bits per heavy atom. The van der Waals surface area contributed by atoms with Crippen molar-refractivity contribution in [3.63, 3.8) is 0 Å². The van der Waals surface area contributed by atoms with Gasteiger partial charge in [-0.05, 0) is 12.3 Å². The zero-order valence-corrected chi connectivity index (χ0v) is 8.55. The van der Waals surface area contributed by atoms with Gasteiger partial charge < -0.3 is 0 Å². The molecule has 0 N–H and O–H groups in total. The standard InChI is InChI=1S/C12H15NO/c1-2-3-4-5-11-10(8-9-13)6-7-12(11)14/h10-11H,2,5-8H2,1H3/t10-,11?/m1/s1. The second kappa shape index (κ2) is 5.45. The van der Waals surface area contributed by atoms with Crippen LogP contribution in [-0.2, 0) is 4.79 Å². The van der Waals surface area contributed by atoms with Gasteiger partial charge in [-0.1, -0.05) is 6.92 Å². The van der Waals surface area contributed by atoms with E-state index in [2.05, 4.69) is 17.9 Å². The lowest BCUT2D eigenvalue weighted by atomic mass is 9.90. The summed E-state index contributed by atoms with van der Waals surface area (Å²) in [6.45, 7) is 2.00. The molecule has 0 aromatic carbocycles. The Hall–Kier alpha value is -1.28. The summed E-state index contributed by atoms with van der Waals surface area (Å²) in [5, 5.41) is 8.60. The van der Waals surface area contributed by atoms with Gasteiger partial charge in [0.25, 0.3) is 0 Å². The highest BCUT2D eigenvalue weighted by molar-refractivity contribution is 5.83. The summed E-state index contributed by atoms with van der Waals surface area (Å²) in [5.74, 6) is 6.59. The van der Waals surface area contributed by atoms with Crippen LogP contribution in [0.3, 0.4) is 0 Å². The molecule has 2 atom stereocenters. The van der Waals surface area contributed by atoms with Crippen LogP contribution in [0.25, 0.3) is 0 Å². The molecule has 0 aliphatic heterocycles. The SMILES string of the molecule is CCC#CCC1C(=O)CC[C@@H]1CC#N. The van der Waals surface area contributed by atoms with Crippen LogP contribution in [0, 0.1) is 35.0 Å². The highest BCUT2D eigenvalue weighted by atomic mass is 16.1. The Morgan fingerprint density at radius 3 is 2.86 bits per heavy atom. The van der Waals surface area contributed by atoms with Gasteiger partial charge in [-0.2, -0.15) is 5.26 Å². The molecule has 1 saturated carbocycles. The van der Waals surface area contributed by atoms with Crippen LogP contribution in [0.15, 0.2) is 0 Å². The molecule has 1 aliphatic rings. The van der Waals surface area contributed by atoms with Crippen LogP contribution >= 0.6 is 0 Å². The normalized spacial score (nSPS) is 25.3. The first kappa shape index (κ1) is 10.8. The minimum absolute atomic E-state index is 0.0358. The second-order valence-corrected chi connectivity index (χ2v) is 3.65. The summed E-state index contributed by atoms with van der Waals surface area (Å²) >= 11 is 0. The van der Waals surface area contributed by atoms with E-state index in [-0.39, 0.29) is 11.8 Å². The van der Waals surface area contributed by atoms with Crippen molar-refractivity contribution in [3.05, 3.63) is 0 Å². The van der Waals surface area contributed by atoms with Gasteiger partial charge in [0.15, 0.2) is 0 Å². The maximum absolute atomic E-state index is 11.5. The third-order valence-corrected chi connectivity index (χ3v) is 2.72. The maximum atomic E-state index is 11.5. The summed E-state index contributed by atoms with van der Waals surface area (Å²) in [4.78, 5) is 11.5. The van der Waals surface area contributed by atoms with E-state index in [1.807, 2.05) is 6.92 Å². The van der Waals surface area contributed by atoms with Crippen molar-refractivity contribution in [2.24, 2.45) is 11.8 Å². The second-order valence-electron chi connectivity index (χ2n) is 3.65. The summed E-state index contributed by atoms with van der Waals surface area (Å²) in [6, 6.07) is 2.15. The Bertz CT molecular complexity index is 303. The van der Waals surface area contributed by atoms with Crippen molar-refractivity contribution in [1.29, 1.82) is 5.26 Å². The van der Waals surface area contributed by atoms with Gasteiger partial charge in [0.05, 0.1) is 6.07 Å². The summed E-state index contributed by atoms with van der Waals surface area (Å²) in [7, 11) is 0. The lowest BCUT2D eigenvalue weighted by Crippen LogP contribution is -2.13. The van der Waals surface area contributed by atoms with E-state index in [0.717, 1.165) is 12.8 Å². The molecule has 1 unspecified atom stereocenters. The molecule has 0 radical (unpaired) electrons. The van der Waals surface area contributed by atoms with Gasteiger partial charge in [-0.15, -0.1) is 11.8 Å². The Kier molecular flexibility index (Phi) is 4.20. The molecule has 1 fully saturated rings. The molecule has 0 bridgehead atoms. The predicted molar refractivity (Wildman–Crippen MR) is 54.1 cm³/mol. The molecule has 0 heterocycles. The Balaban J connectivity index is 2.54. The van der Waals surface area contributed by atoms with E-state index >= 15 is 0 Å². The van der Waals surface area contributed by atoms with E-state index in [4.69, 9.17) is 5.26 Å². The Labute approximate surface area is 85.3 Å². The number of nitriles is 1. The van der Waals surface area contributed by atoms with Crippen LogP contribution in [0.4, 0.5) is 0 Å². The van der Waals surface area contributed by atoms with Gasteiger partial charge in [0, 0.05) is 31.6 Å². The highest BCUT2D eigenvalue weighted by Crippen LogP contribution is 2.33. The van der Waals surface area contributed by atoms with Crippen molar-refractivity contribution in [3.8, 4) is 17.9 Å². The van der Waals surface area contributed by atoms with Crippen molar-refractivity contribution in [2.75, 3.05) is 0 Å². The zero-order chi connectivity index (χ0) is 10.4. The smallest absolute Gasteiger partial charge is 0.137 e. The van der Waals surface area contributed by atoms with Crippen LogP contribution in [-0.4, -0.2) is 5.78 Å². The molecule has 0 saturated heterocycles. The number of carbonyl (C=O) groups is 1. The molecule has 1 rings (SSSR count). The third-order valence-electron chi connectivity index (χ3n) is 2.72. The number of hydrogen-bond donors (Lipinski definition) is 0. The maximum Gasteiger partial charge on any atom is 0.137 e. The van der Waals surface area contributed by atoms with Crippen LogP contribution in [0.1, 0.15) is 39.0 Å². The number of carbonyl (C=O) groups excluding carboxylic acids is 1. The first-order valence-corrected chi connectivity index (χ1v) is 5.15. The summed E-state index contributed by atoms with van der Waals surface area (Å²) in [5.41, 5.74) is 0. The lowest BCUT2D eigenvalue weighted by molar-refractivity contribution is -0.121. The van der Waals surface area contributed by atoms with Crippen molar-refractivity contribution >= 4 is 5.78 Å². The zero-order valence-electron chi connectivity index (χ0n) is 8.55. The van der Waals surface area contributed by atoms with Crippen molar-refractivity contribution in [1.82, 2.24) is 0 Å². The van der Waals surface area contributed by atoms with E-state index in [1.165, 1.54) is 0 Å². The number of rotatable bonds is 2. The fraction of sp³-hybridized carbons (Fsp3) is 0.667.